The van der Waals surface area contributed by atoms with Gasteiger partial charge in [0.2, 0.25) is 0 Å². The van der Waals surface area contributed by atoms with Gasteiger partial charge in [0.15, 0.2) is 0 Å². The highest BCUT2D eigenvalue weighted by molar-refractivity contribution is 6.30. The second kappa shape index (κ2) is 10.4. The summed E-state index contributed by atoms with van der Waals surface area (Å²) in [6, 6.07) is 14.4. The Kier molecular flexibility index (Phi) is 7.59. The highest BCUT2D eigenvalue weighted by atomic mass is 35.5. The van der Waals surface area contributed by atoms with Crippen molar-refractivity contribution in [3.8, 4) is 5.75 Å². The van der Waals surface area contributed by atoms with E-state index in [9.17, 15) is 9.59 Å². The van der Waals surface area contributed by atoms with E-state index < -0.39 is 5.97 Å². The minimum absolute atomic E-state index is 0.129. The van der Waals surface area contributed by atoms with E-state index in [1.165, 1.54) is 0 Å². The SMILES string of the molecule is CCOC(=O)c1[nH]c(C)c(CN(Cc2ccc(OC)cc2)C(=O)c2ccc(Cl)cc2)c1C. The van der Waals surface area contributed by atoms with Gasteiger partial charge in [-0.2, -0.15) is 0 Å². The molecule has 1 N–H and O–H groups in total. The molecule has 3 aromatic rings. The molecular weight excluding hydrogens is 428 g/mol. The van der Waals surface area contributed by atoms with Gasteiger partial charge in [0.05, 0.1) is 13.7 Å². The van der Waals surface area contributed by atoms with Crippen molar-refractivity contribution in [2.75, 3.05) is 13.7 Å². The van der Waals surface area contributed by atoms with Crippen LogP contribution in [0.15, 0.2) is 48.5 Å². The number of aromatic nitrogens is 1. The van der Waals surface area contributed by atoms with Crippen molar-refractivity contribution >= 4 is 23.5 Å². The van der Waals surface area contributed by atoms with Gasteiger partial charge in [0.25, 0.3) is 5.91 Å². The van der Waals surface area contributed by atoms with Crippen molar-refractivity contribution in [2.24, 2.45) is 0 Å². The van der Waals surface area contributed by atoms with Crippen LogP contribution in [0.4, 0.5) is 0 Å². The molecule has 0 bridgehead atoms. The van der Waals surface area contributed by atoms with E-state index in [-0.39, 0.29) is 5.91 Å². The molecule has 1 aromatic heterocycles. The average Bonchev–Trinajstić information content (AvgIpc) is 3.07. The van der Waals surface area contributed by atoms with Crippen LogP contribution in [0.1, 0.15) is 50.2 Å². The quantitative estimate of drug-likeness (QED) is 0.468. The number of halogens is 1. The number of benzene rings is 2. The molecule has 7 heteroatoms. The maximum Gasteiger partial charge on any atom is 0.355 e. The third kappa shape index (κ3) is 5.32. The second-order valence-corrected chi connectivity index (χ2v) is 7.90. The molecule has 3 rings (SSSR count). The lowest BCUT2D eigenvalue weighted by molar-refractivity contribution is 0.0519. The largest absolute Gasteiger partial charge is 0.497 e. The number of H-pyrrole nitrogens is 1. The van der Waals surface area contributed by atoms with E-state index >= 15 is 0 Å². The van der Waals surface area contributed by atoms with Gasteiger partial charge in [-0.1, -0.05) is 23.7 Å². The molecule has 0 saturated heterocycles. The minimum Gasteiger partial charge on any atom is -0.497 e. The van der Waals surface area contributed by atoms with Crippen molar-refractivity contribution < 1.29 is 19.1 Å². The molecule has 0 spiro atoms. The molecule has 1 heterocycles. The molecule has 32 heavy (non-hydrogen) atoms. The van der Waals surface area contributed by atoms with Crippen molar-refractivity contribution in [1.82, 2.24) is 9.88 Å². The molecule has 6 nitrogen and oxygen atoms in total. The molecule has 0 aliphatic heterocycles. The Morgan fingerprint density at radius 2 is 1.66 bits per heavy atom. The fourth-order valence-corrected chi connectivity index (χ4v) is 3.68. The van der Waals surface area contributed by atoms with Crippen LogP contribution < -0.4 is 4.74 Å². The smallest absolute Gasteiger partial charge is 0.355 e. The zero-order valence-electron chi connectivity index (χ0n) is 18.7. The minimum atomic E-state index is -0.398. The van der Waals surface area contributed by atoms with E-state index in [0.29, 0.717) is 36.0 Å². The molecule has 1 amide bonds. The van der Waals surface area contributed by atoms with E-state index in [2.05, 4.69) is 4.98 Å². The van der Waals surface area contributed by atoms with E-state index in [4.69, 9.17) is 21.1 Å². The Labute approximate surface area is 193 Å². The van der Waals surface area contributed by atoms with Gasteiger partial charge in [-0.15, -0.1) is 0 Å². The first-order chi connectivity index (χ1) is 15.3. The first-order valence-corrected chi connectivity index (χ1v) is 10.7. The number of hydrogen-bond acceptors (Lipinski definition) is 4. The third-order valence-electron chi connectivity index (χ3n) is 5.33. The van der Waals surface area contributed by atoms with Crippen LogP contribution in [-0.4, -0.2) is 35.5 Å². The Morgan fingerprint density at radius 1 is 1.00 bits per heavy atom. The summed E-state index contributed by atoms with van der Waals surface area (Å²) in [6.07, 6.45) is 0. The van der Waals surface area contributed by atoms with Crippen molar-refractivity contribution in [3.63, 3.8) is 0 Å². The van der Waals surface area contributed by atoms with E-state index in [0.717, 1.165) is 28.1 Å². The Hall–Kier alpha value is -3.25. The van der Waals surface area contributed by atoms with Crippen molar-refractivity contribution in [1.29, 1.82) is 0 Å². The number of nitrogens with zero attached hydrogens (tertiary/aromatic N) is 1. The van der Waals surface area contributed by atoms with Crippen LogP contribution in [0.25, 0.3) is 0 Å². The summed E-state index contributed by atoms with van der Waals surface area (Å²) < 4.78 is 10.4. The number of methoxy groups -OCH3 is 1. The van der Waals surface area contributed by atoms with E-state index in [1.807, 2.05) is 38.1 Å². The predicted octanol–water partition coefficient (Wildman–Crippen LogP) is 5.31. The number of esters is 1. The topological polar surface area (TPSA) is 71.6 Å². The molecule has 0 aliphatic carbocycles. The molecule has 168 valence electrons. The predicted molar refractivity (Wildman–Crippen MR) is 124 cm³/mol. The van der Waals surface area contributed by atoms with Crippen molar-refractivity contribution in [2.45, 2.75) is 33.9 Å². The highest BCUT2D eigenvalue weighted by Gasteiger charge is 2.23. The number of amides is 1. The number of carbonyl (C=O) groups is 2. The van der Waals surface area contributed by atoms with Crippen LogP contribution in [0.5, 0.6) is 5.75 Å². The Bertz CT molecular complexity index is 1090. The number of aromatic amines is 1. The number of ether oxygens (including phenoxy) is 2. The molecule has 0 atom stereocenters. The van der Waals surface area contributed by atoms with Crippen LogP contribution >= 0.6 is 11.6 Å². The maximum absolute atomic E-state index is 13.4. The van der Waals surface area contributed by atoms with Gasteiger partial charge in [0.1, 0.15) is 11.4 Å². The second-order valence-electron chi connectivity index (χ2n) is 7.47. The summed E-state index contributed by atoms with van der Waals surface area (Å²) in [4.78, 5) is 30.6. The van der Waals surface area contributed by atoms with Gasteiger partial charge in [-0.3, -0.25) is 4.79 Å². The van der Waals surface area contributed by atoms with Gasteiger partial charge >= 0.3 is 5.97 Å². The first kappa shape index (κ1) is 23.4. The number of carbonyl (C=O) groups excluding carboxylic acids is 2. The van der Waals surface area contributed by atoms with Crippen LogP contribution in [0.2, 0.25) is 5.02 Å². The number of aryl methyl sites for hydroxylation is 1. The first-order valence-electron chi connectivity index (χ1n) is 10.4. The monoisotopic (exact) mass is 454 g/mol. The number of nitrogens with one attached hydrogen (secondary N) is 1. The highest BCUT2D eigenvalue weighted by Crippen LogP contribution is 2.24. The molecule has 2 aromatic carbocycles. The normalized spacial score (nSPS) is 10.7. The van der Waals surface area contributed by atoms with Crippen molar-refractivity contribution in [3.05, 3.63) is 87.2 Å². The fraction of sp³-hybridized carbons (Fsp3) is 0.280. The summed E-state index contributed by atoms with van der Waals surface area (Å²) in [5, 5.41) is 0.569. The van der Waals surface area contributed by atoms with Gasteiger partial charge < -0.3 is 19.4 Å². The van der Waals surface area contributed by atoms with Crippen LogP contribution in [-0.2, 0) is 17.8 Å². The molecule has 0 aliphatic rings. The lowest BCUT2D eigenvalue weighted by atomic mass is 10.1. The molecular formula is C25H27ClN2O4. The summed E-state index contributed by atoms with van der Waals surface area (Å²) in [5.74, 6) is 0.223. The van der Waals surface area contributed by atoms with Gasteiger partial charge in [-0.25, -0.2) is 4.79 Å². The third-order valence-corrected chi connectivity index (χ3v) is 5.58. The zero-order chi connectivity index (χ0) is 23.3. The fourth-order valence-electron chi connectivity index (χ4n) is 3.55. The summed E-state index contributed by atoms with van der Waals surface area (Å²) in [6.45, 7) is 6.55. The Morgan fingerprint density at radius 3 is 2.25 bits per heavy atom. The lowest BCUT2D eigenvalue weighted by Gasteiger charge is -2.24. The molecule has 0 radical (unpaired) electrons. The maximum atomic E-state index is 13.4. The lowest BCUT2D eigenvalue weighted by Crippen LogP contribution is -2.30. The number of rotatable bonds is 8. The van der Waals surface area contributed by atoms with E-state index in [1.54, 1.807) is 43.2 Å². The standard InChI is InChI=1S/C25H27ClN2O4/c1-5-32-25(30)23-16(2)22(17(3)27-23)15-28(14-18-6-12-21(31-4)13-7-18)24(29)19-8-10-20(26)11-9-19/h6-13,27H,5,14-15H2,1-4H3. The number of hydrogen-bond donors (Lipinski definition) is 1. The summed E-state index contributed by atoms with van der Waals surface area (Å²) >= 11 is 6.00. The van der Waals surface area contributed by atoms with Crippen LogP contribution in [0, 0.1) is 13.8 Å². The Balaban J connectivity index is 1.94. The van der Waals surface area contributed by atoms with Gasteiger partial charge in [0, 0.05) is 29.4 Å². The molecule has 0 unspecified atom stereocenters. The molecule has 0 fully saturated rings. The average molecular weight is 455 g/mol. The summed E-state index contributed by atoms with van der Waals surface area (Å²) in [5.41, 5.74) is 4.43. The van der Waals surface area contributed by atoms with Crippen LogP contribution in [0.3, 0.4) is 0 Å². The van der Waals surface area contributed by atoms with Gasteiger partial charge in [-0.05, 0) is 73.9 Å². The molecule has 0 saturated carbocycles. The summed E-state index contributed by atoms with van der Waals surface area (Å²) in [7, 11) is 1.62. The zero-order valence-corrected chi connectivity index (χ0v) is 19.5.